The van der Waals surface area contributed by atoms with E-state index in [9.17, 15) is 13.2 Å². The van der Waals surface area contributed by atoms with Crippen LogP contribution >= 0.6 is 0 Å². The van der Waals surface area contributed by atoms with Gasteiger partial charge in [0.1, 0.15) is 0 Å². The highest BCUT2D eigenvalue weighted by molar-refractivity contribution is 7.90. The largest absolute Gasteiger partial charge is 0.273 e. The van der Waals surface area contributed by atoms with Crippen molar-refractivity contribution in [2.24, 2.45) is 28.6 Å². The van der Waals surface area contributed by atoms with E-state index in [2.05, 4.69) is 13.8 Å². The lowest BCUT2D eigenvalue weighted by atomic mass is 9.69. The predicted molar refractivity (Wildman–Crippen MR) is 75.2 cm³/mol. The fourth-order valence-corrected chi connectivity index (χ4v) is 7.99. The van der Waals surface area contributed by atoms with Gasteiger partial charge in [-0.05, 0) is 42.9 Å². The van der Waals surface area contributed by atoms with Gasteiger partial charge in [0.2, 0.25) is 15.9 Å². The molecule has 1 saturated heterocycles. The Labute approximate surface area is 121 Å². The number of amides is 1. The number of fused-ring (bicyclic) bond motifs is 1. The summed E-state index contributed by atoms with van der Waals surface area (Å²) in [4.78, 5) is 12.6. The topological polar surface area (TPSA) is 54.5 Å². The van der Waals surface area contributed by atoms with Crippen molar-refractivity contribution in [1.82, 2.24) is 4.31 Å². The lowest BCUT2D eigenvalue weighted by Gasteiger charge is -2.37. The van der Waals surface area contributed by atoms with Gasteiger partial charge in [-0.1, -0.05) is 20.8 Å². The molecule has 0 aromatic rings. The van der Waals surface area contributed by atoms with E-state index in [1.807, 2.05) is 6.92 Å². The van der Waals surface area contributed by atoms with Gasteiger partial charge >= 0.3 is 0 Å². The first kappa shape index (κ1) is 13.1. The molecule has 5 heteroatoms. The minimum absolute atomic E-state index is 0.0397. The van der Waals surface area contributed by atoms with Crippen molar-refractivity contribution >= 4 is 15.9 Å². The molecule has 0 unspecified atom stereocenters. The molecule has 2 bridgehead atoms. The van der Waals surface area contributed by atoms with Crippen LogP contribution in [0.5, 0.6) is 0 Å². The Morgan fingerprint density at radius 1 is 1.25 bits per heavy atom. The molecule has 0 N–H and O–H groups in total. The zero-order valence-electron chi connectivity index (χ0n) is 12.4. The fraction of sp³-hybridized carbons (Fsp3) is 0.933. The van der Waals surface area contributed by atoms with Crippen molar-refractivity contribution in [2.75, 3.05) is 5.75 Å². The second kappa shape index (κ2) is 3.42. The minimum Gasteiger partial charge on any atom is -0.273 e. The molecule has 1 heterocycles. The molecular formula is C15H23NO3S. The standard InChI is InChI=1S/C15H23NO3S/c1-9-6-11(9)13(17)16-12-7-10-4-5-15(12,14(10,2)3)8-20(16,18)19/h9-12H,4-8H2,1-3H3/t9-,10-,11-,12-,15+/m1/s1. The van der Waals surface area contributed by atoms with E-state index in [-0.39, 0.29) is 34.4 Å². The van der Waals surface area contributed by atoms with Crippen LogP contribution in [0.4, 0.5) is 0 Å². The van der Waals surface area contributed by atoms with Gasteiger partial charge in [0.05, 0.1) is 11.8 Å². The lowest BCUT2D eigenvalue weighted by molar-refractivity contribution is -0.130. The zero-order chi connectivity index (χ0) is 14.5. The zero-order valence-corrected chi connectivity index (χ0v) is 13.2. The number of carbonyl (C=O) groups excluding carboxylic acids is 1. The maximum Gasteiger partial charge on any atom is 0.239 e. The van der Waals surface area contributed by atoms with E-state index >= 15 is 0 Å². The Bertz CT molecular complexity index is 596. The van der Waals surface area contributed by atoms with Crippen LogP contribution in [0.3, 0.4) is 0 Å². The second-order valence-electron chi connectivity index (χ2n) is 8.07. The summed E-state index contributed by atoms with van der Waals surface area (Å²) < 4.78 is 26.6. The second-order valence-corrected chi connectivity index (χ2v) is 9.92. The predicted octanol–water partition coefficient (Wildman–Crippen LogP) is 2.01. The average molecular weight is 297 g/mol. The van der Waals surface area contributed by atoms with Crippen LogP contribution < -0.4 is 0 Å². The van der Waals surface area contributed by atoms with Crippen LogP contribution in [0.15, 0.2) is 0 Å². The molecular weight excluding hydrogens is 274 g/mol. The molecule has 112 valence electrons. The Kier molecular flexibility index (Phi) is 2.24. The highest BCUT2D eigenvalue weighted by atomic mass is 32.2. The molecule has 4 rings (SSSR count). The van der Waals surface area contributed by atoms with Crippen molar-refractivity contribution < 1.29 is 13.2 Å². The summed E-state index contributed by atoms with van der Waals surface area (Å²) in [6.07, 6.45) is 3.84. The number of carbonyl (C=O) groups is 1. The van der Waals surface area contributed by atoms with Gasteiger partial charge in [-0.25, -0.2) is 12.7 Å². The van der Waals surface area contributed by atoms with Crippen molar-refractivity contribution in [2.45, 2.75) is 52.5 Å². The maximum atomic E-state index is 12.6. The molecule has 3 saturated carbocycles. The smallest absolute Gasteiger partial charge is 0.239 e. The number of nitrogens with zero attached hydrogens (tertiary/aromatic N) is 1. The Balaban J connectivity index is 1.77. The van der Waals surface area contributed by atoms with E-state index in [1.54, 1.807) is 0 Å². The molecule has 0 aromatic heterocycles. The molecule has 4 aliphatic rings. The van der Waals surface area contributed by atoms with Gasteiger partial charge in [-0.15, -0.1) is 0 Å². The Hall–Kier alpha value is -0.580. The third kappa shape index (κ3) is 1.29. The summed E-state index contributed by atoms with van der Waals surface area (Å²) in [5.41, 5.74) is -0.126. The van der Waals surface area contributed by atoms with Crippen molar-refractivity contribution in [3.8, 4) is 0 Å². The first-order valence-electron chi connectivity index (χ1n) is 7.77. The summed E-state index contributed by atoms with van der Waals surface area (Å²) >= 11 is 0. The quantitative estimate of drug-likeness (QED) is 0.744. The molecule has 0 radical (unpaired) electrons. The summed E-state index contributed by atoms with van der Waals surface area (Å²) in [6.45, 7) is 6.47. The third-order valence-corrected chi connectivity index (χ3v) is 8.97. The highest BCUT2D eigenvalue weighted by Gasteiger charge is 2.72. The van der Waals surface area contributed by atoms with Gasteiger partial charge in [-0.2, -0.15) is 0 Å². The number of hydrogen-bond acceptors (Lipinski definition) is 3. The first-order chi connectivity index (χ1) is 9.21. The van der Waals surface area contributed by atoms with Crippen LogP contribution in [0.25, 0.3) is 0 Å². The van der Waals surface area contributed by atoms with Gasteiger partial charge < -0.3 is 0 Å². The van der Waals surface area contributed by atoms with E-state index in [0.717, 1.165) is 25.7 Å². The third-order valence-electron chi connectivity index (χ3n) is 7.06. The summed E-state index contributed by atoms with van der Waals surface area (Å²) in [5.74, 6) is 0.988. The van der Waals surface area contributed by atoms with Crippen LogP contribution in [0, 0.1) is 28.6 Å². The first-order valence-corrected chi connectivity index (χ1v) is 9.37. The minimum atomic E-state index is -3.41. The SMILES string of the molecule is C[C@@H]1C[C@H]1C(=O)N1[C@@H]2C[C@H]3CC[C@@]2(CS1(=O)=O)C3(C)C. The molecule has 1 spiro atoms. The molecule has 3 aliphatic carbocycles. The van der Waals surface area contributed by atoms with Crippen molar-refractivity contribution in [1.29, 1.82) is 0 Å². The van der Waals surface area contributed by atoms with Crippen LogP contribution in [0.2, 0.25) is 0 Å². The monoisotopic (exact) mass is 297 g/mol. The number of sulfonamides is 1. The average Bonchev–Trinajstić information content (AvgIpc) is 2.88. The fourth-order valence-electron chi connectivity index (χ4n) is 5.41. The molecule has 4 fully saturated rings. The van der Waals surface area contributed by atoms with E-state index < -0.39 is 10.0 Å². The molecule has 1 aliphatic heterocycles. The Morgan fingerprint density at radius 2 is 1.90 bits per heavy atom. The van der Waals surface area contributed by atoms with Gasteiger partial charge in [0, 0.05) is 11.3 Å². The summed E-state index contributed by atoms with van der Waals surface area (Å²) in [5, 5.41) is 0. The lowest BCUT2D eigenvalue weighted by Crippen LogP contribution is -2.44. The highest BCUT2D eigenvalue weighted by Crippen LogP contribution is 2.70. The molecule has 0 aromatic carbocycles. The van der Waals surface area contributed by atoms with Gasteiger partial charge in [0.25, 0.3) is 0 Å². The molecule has 20 heavy (non-hydrogen) atoms. The maximum absolute atomic E-state index is 12.6. The summed E-state index contributed by atoms with van der Waals surface area (Å²) in [6, 6.07) is -0.0541. The van der Waals surface area contributed by atoms with Crippen LogP contribution in [-0.2, 0) is 14.8 Å². The molecule has 4 nitrogen and oxygen atoms in total. The number of rotatable bonds is 1. The van der Waals surface area contributed by atoms with E-state index in [1.165, 1.54) is 4.31 Å². The van der Waals surface area contributed by atoms with E-state index in [4.69, 9.17) is 0 Å². The number of hydrogen-bond donors (Lipinski definition) is 0. The van der Waals surface area contributed by atoms with E-state index in [0.29, 0.717) is 11.8 Å². The molecule has 1 amide bonds. The molecule has 5 atom stereocenters. The van der Waals surface area contributed by atoms with Crippen LogP contribution in [0.1, 0.15) is 46.5 Å². The van der Waals surface area contributed by atoms with Gasteiger partial charge in [0.15, 0.2) is 0 Å². The normalized spacial score (nSPS) is 50.2. The van der Waals surface area contributed by atoms with Crippen molar-refractivity contribution in [3.05, 3.63) is 0 Å². The van der Waals surface area contributed by atoms with Crippen LogP contribution in [-0.4, -0.2) is 30.4 Å². The summed E-state index contributed by atoms with van der Waals surface area (Å²) in [7, 11) is -3.41. The Morgan fingerprint density at radius 3 is 2.45 bits per heavy atom. The van der Waals surface area contributed by atoms with Gasteiger partial charge in [-0.3, -0.25) is 4.79 Å². The van der Waals surface area contributed by atoms with Crippen molar-refractivity contribution in [3.63, 3.8) is 0 Å².